The third kappa shape index (κ3) is 3.00. The summed E-state index contributed by atoms with van der Waals surface area (Å²) in [5, 5.41) is 1.12. The summed E-state index contributed by atoms with van der Waals surface area (Å²) in [7, 11) is 1.85. The van der Waals surface area contributed by atoms with Crippen molar-refractivity contribution < 1.29 is 4.79 Å². The van der Waals surface area contributed by atoms with Crippen molar-refractivity contribution in [2.75, 3.05) is 7.05 Å². The van der Waals surface area contributed by atoms with Crippen LogP contribution in [0.15, 0.2) is 42.5 Å². The Morgan fingerprint density at radius 3 is 2.43 bits per heavy atom. The van der Waals surface area contributed by atoms with E-state index in [1.54, 1.807) is 4.90 Å². The lowest BCUT2D eigenvalue weighted by Crippen LogP contribution is -2.26. The zero-order valence-electron chi connectivity index (χ0n) is 14.1. The van der Waals surface area contributed by atoms with E-state index in [0.717, 1.165) is 27.7 Å². The van der Waals surface area contributed by atoms with Crippen LogP contribution in [0.5, 0.6) is 0 Å². The second-order valence-electron chi connectivity index (χ2n) is 6.28. The fourth-order valence-corrected chi connectivity index (χ4v) is 2.85. The predicted molar refractivity (Wildman–Crippen MR) is 94.7 cm³/mol. The van der Waals surface area contributed by atoms with Crippen LogP contribution in [-0.2, 0) is 6.54 Å². The molecule has 0 aliphatic carbocycles. The number of hydrogen-bond acceptors (Lipinski definition) is 1. The molecule has 0 spiro atoms. The molecule has 3 aromatic rings. The molecule has 118 valence electrons. The number of aryl methyl sites for hydroxylation is 3. The maximum Gasteiger partial charge on any atom is 0.253 e. The van der Waals surface area contributed by atoms with Crippen LogP contribution in [0.2, 0.25) is 0 Å². The molecule has 3 nitrogen and oxygen atoms in total. The summed E-state index contributed by atoms with van der Waals surface area (Å²) in [6.45, 7) is 6.82. The highest BCUT2D eigenvalue weighted by atomic mass is 16.2. The first kappa shape index (κ1) is 15.3. The molecule has 0 radical (unpaired) electrons. The Labute approximate surface area is 136 Å². The van der Waals surface area contributed by atoms with Crippen LogP contribution in [0.4, 0.5) is 0 Å². The molecular formula is C20H22N2O. The number of nitrogens with zero attached hydrogens (tertiary/aromatic N) is 1. The summed E-state index contributed by atoms with van der Waals surface area (Å²) in [5.74, 6) is 0.0470. The number of benzene rings is 2. The van der Waals surface area contributed by atoms with Gasteiger partial charge in [0.15, 0.2) is 0 Å². The summed E-state index contributed by atoms with van der Waals surface area (Å²) in [5.41, 5.74) is 6.54. The summed E-state index contributed by atoms with van der Waals surface area (Å²) in [6, 6.07) is 14.2. The molecule has 0 bridgehead atoms. The smallest absolute Gasteiger partial charge is 0.253 e. The summed E-state index contributed by atoms with van der Waals surface area (Å²) < 4.78 is 0. The number of H-pyrrole nitrogens is 1. The standard InChI is InChI=1S/C20H22N2O/c1-13-5-7-16(8-6-13)12-22(4)20(23)17-9-10-19-18(11-17)14(2)15(3)21-19/h5-11,21H,12H2,1-4H3. The molecule has 1 aromatic heterocycles. The fraction of sp³-hybridized carbons (Fsp3) is 0.250. The van der Waals surface area contributed by atoms with Crippen LogP contribution in [0.25, 0.3) is 10.9 Å². The second-order valence-corrected chi connectivity index (χ2v) is 6.28. The zero-order valence-corrected chi connectivity index (χ0v) is 14.1. The predicted octanol–water partition coefficient (Wildman–Crippen LogP) is 4.37. The van der Waals surface area contributed by atoms with Gasteiger partial charge in [-0.1, -0.05) is 29.8 Å². The van der Waals surface area contributed by atoms with Gasteiger partial charge in [-0.25, -0.2) is 0 Å². The van der Waals surface area contributed by atoms with E-state index in [1.807, 2.05) is 25.2 Å². The number of rotatable bonds is 3. The maximum absolute atomic E-state index is 12.7. The second kappa shape index (κ2) is 5.92. The first-order valence-electron chi connectivity index (χ1n) is 7.85. The monoisotopic (exact) mass is 306 g/mol. The van der Waals surface area contributed by atoms with Crippen molar-refractivity contribution in [1.82, 2.24) is 9.88 Å². The molecule has 0 aliphatic heterocycles. The topological polar surface area (TPSA) is 36.1 Å². The Kier molecular flexibility index (Phi) is 3.95. The molecule has 3 heteroatoms. The molecule has 3 rings (SSSR count). The maximum atomic E-state index is 12.7. The molecule has 0 unspecified atom stereocenters. The molecule has 0 atom stereocenters. The van der Waals surface area contributed by atoms with E-state index < -0.39 is 0 Å². The van der Waals surface area contributed by atoms with Crippen molar-refractivity contribution in [2.45, 2.75) is 27.3 Å². The Balaban J connectivity index is 1.84. The Bertz CT molecular complexity index is 859. The number of nitrogens with one attached hydrogen (secondary N) is 1. The lowest BCUT2D eigenvalue weighted by atomic mass is 10.1. The summed E-state index contributed by atoms with van der Waals surface area (Å²) in [6.07, 6.45) is 0. The first-order chi connectivity index (χ1) is 11.0. The van der Waals surface area contributed by atoms with E-state index in [1.165, 1.54) is 11.1 Å². The van der Waals surface area contributed by atoms with Gasteiger partial charge in [-0.15, -0.1) is 0 Å². The average Bonchev–Trinajstić information content (AvgIpc) is 2.83. The highest BCUT2D eigenvalue weighted by molar-refractivity contribution is 5.98. The van der Waals surface area contributed by atoms with Gasteiger partial charge in [0, 0.05) is 35.8 Å². The Morgan fingerprint density at radius 1 is 1.04 bits per heavy atom. The zero-order chi connectivity index (χ0) is 16.6. The van der Waals surface area contributed by atoms with Crippen molar-refractivity contribution in [3.63, 3.8) is 0 Å². The third-order valence-electron chi connectivity index (χ3n) is 4.44. The molecular weight excluding hydrogens is 284 g/mol. The van der Waals surface area contributed by atoms with Crippen molar-refractivity contribution in [3.8, 4) is 0 Å². The molecule has 0 aliphatic rings. The Hall–Kier alpha value is -2.55. The van der Waals surface area contributed by atoms with Crippen molar-refractivity contribution >= 4 is 16.8 Å². The molecule has 1 N–H and O–H groups in total. The molecule has 0 saturated carbocycles. The van der Waals surface area contributed by atoms with E-state index in [9.17, 15) is 4.79 Å². The fourth-order valence-electron chi connectivity index (χ4n) is 2.85. The van der Waals surface area contributed by atoms with Crippen molar-refractivity contribution in [1.29, 1.82) is 0 Å². The van der Waals surface area contributed by atoms with Gasteiger partial charge in [-0.3, -0.25) is 4.79 Å². The third-order valence-corrected chi connectivity index (χ3v) is 4.44. The minimum atomic E-state index is 0.0470. The van der Waals surface area contributed by atoms with Crippen LogP contribution in [-0.4, -0.2) is 22.8 Å². The van der Waals surface area contributed by atoms with Crippen LogP contribution >= 0.6 is 0 Å². The number of carbonyl (C=O) groups excluding carboxylic acids is 1. The van der Waals surface area contributed by atoms with Crippen LogP contribution in [0, 0.1) is 20.8 Å². The molecule has 0 saturated heterocycles. The number of amides is 1. The Morgan fingerprint density at radius 2 is 1.74 bits per heavy atom. The van der Waals surface area contributed by atoms with E-state index in [-0.39, 0.29) is 5.91 Å². The van der Waals surface area contributed by atoms with Crippen LogP contribution in [0.3, 0.4) is 0 Å². The molecule has 1 amide bonds. The lowest BCUT2D eigenvalue weighted by Gasteiger charge is -2.17. The summed E-state index contributed by atoms with van der Waals surface area (Å²) >= 11 is 0. The van der Waals surface area contributed by atoms with Crippen LogP contribution in [0.1, 0.15) is 32.7 Å². The number of fused-ring (bicyclic) bond motifs is 1. The SMILES string of the molecule is Cc1ccc(CN(C)C(=O)c2ccc3[nH]c(C)c(C)c3c2)cc1. The van der Waals surface area contributed by atoms with Gasteiger partial charge in [-0.05, 0) is 50.1 Å². The average molecular weight is 306 g/mol. The van der Waals surface area contributed by atoms with Gasteiger partial charge < -0.3 is 9.88 Å². The number of aromatic amines is 1. The minimum Gasteiger partial charge on any atom is -0.358 e. The van der Waals surface area contributed by atoms with Crippen molar-refractivity contribution in [3.05, 3.63) is 70.4 Å². The van der Waals surface area contributed by atoms with E-state index in [0.29, 0.717) is 6.54 Å². The van der Waals surface area contributed by atoms with E-state index in [4.69, 9.17) is 0 Å². The van der Waals surface area contributed by atoms with E-state index >= 15 is 0 Å². The van der Waals surface area contributed by atoms with Gasteiger partial charge in [0.05, 0.1) is 0 Å². The lowest BCUT2D eigenvalue weighted by molar-refractivity contribution is 0.0785. The molecule has 0 fully saturated rings. The number of hydrogen-bond donors (Lipinski definition) is 1. The highest BCUT2D eigenvalue weighted by Gasteiger charge is 2.14. The highest BCUT2D eigenvalue weighted by Crippen LogP contribution is 2.23. The van der Waals surface area contributed by atoms with Gasteiger partial charge >= 0.3 is 0 Å². The van der Waals surface area contributed by atoms with Crippen molar-refractivity contribution in [2.24, 2.45) is 0 Å². The molecule has 23 heavy (non-hydrogen) atoms. The van der Waals surface area contributed by atoms with Gasteiger partial charge in [0.2, 0.25) is 0 Å². The minimum absolute atomic E-state index is 0.0470. The normalized spacial score (nSPS) is 11.0. The quantitative estimate of drug-likeness (QED) is 0.766. The van der Waals surface area contributed by atoms with Gasteiger partial charge in [-0.2, -0.15) is 0 Å². The van der Waals surface area contributed by atoms with Gasteiger partial charge in [0.1, 0.15) is 0 Å². The summed E-state index contributed by atoms with van der Waals surface area (Å²) in [4.78, 5) is 17.8. The largest absolute Gasteiger partial charge is 0.358 e. The number of carbonyl (C=O) groups is 1. The first-order valence-corrected chi connectivity index (χ1v) is 7.85. The molecule has 1 heterocycles. The van der Waals surface area contributed by atoms with Gasteiger partial charge in [0.25, 0.3) is 5.91 Å². The van der Waals surface area contributed by atoms with Crippen LogP contribution < -0.4 is 0 Å². The molecule has 2 aromatic carbocycles. The van der Waals surface area contributed by atoms with E-state index in [2.05, 4.69) is 50.0 Å². The number of aromatic nitrogens is 1.